The Morgan fingerprint density at radius 3 is 1.45 bits per heavy atom. The Hall–Kier alpha value is -3.64. The van der Waals surface area contributed by atoms with Crippen LogP contribution in [0.4, 0.5) is 11.4 Å². The molecule has 0 saturated carbocycles. The third-order valence-corrected chi connectivity index (χ3v) is 4.57. The molecule has 164 valence electrons. The van der Waals surface area contributed by atoms with Gasteiger partial charge in [0, 0.05) is 29.7 Å². The molecule has 2 rings (SSSR count). The molecule has 0 atom stereocenters. The molecule has 0 aliphatic heterocycles. The molecule has 31 heavy (non-hydrogen) atoms. The van der Waals surface area contributed by atoms with Gasteiger partial charge in [-0.2, -0.15) is 0 Å². The summed E-state index contributed by atoms with van der Waals surface area (Å²) in [5.74, 6) is -2.07. The molecular weight excluding hydrogens is 459 g/mol. The first-order chi connectivity index (χ1) is 14.5. The second-order valence-corrected chi connectivity index (χ2v) is 6.66. The number of hydrogen-bond donors (Lipinski definition) is 2. The minimum Gasteiger partial charge on any atom is -0.492 e. The number of halogens is 2. The van der Waals surface area contributed by atoms with E-state index in [9.17, 15) is 29.8 Å². The predicted molar refractivity (Wildman–Crippen MR) is 109 cm³/mol. The summed E-state index contributed by atoms with van der Waals surface area (Å²) in [6.07, 6.45) is 0.176. The smallest absolute Gasteiger partial charge is 0.292 e. The molecule has 0 fully saturated rings. The van der Waals surface area contributed by atoms with Crippen molar-refractivity contribution in [2.45, 2.75) is 6.42 Å². The van der Waals surface area contributed by atoms with Crippen molar-refractivity contribution >= 4 is 46.4 Å². The molecule has 4 N–H and O–H groups in total. The molecule has 0 bridgehead atoms. The number of nitrogens with two attached hydrogens (primary N) is 2. The van der Waals surface area contributed by atoms with Gasteiger partial charge < -0.3 is 20.9 Å². The molecular formula is C17H14Cl2N4O8. The molecule has 0 radical (unpaired) electrons. The van der Waals surface area contributed by atoms with E-state index < -0.39 is 33.0 Å². The molecule has 0 heterocycles. The van der Waals surface area contributed by atoms with E-state index in [4.69, 9.17) is 44.1 Å². The molecule has 2 aromatic carbocycles. The van der Waals surface area contributed by atoms with Crippen molar-refractivity contribution in [1.29, 1.82) is 0 Å². The van der Waals surface area contributed by atoms with Gasteiger partial charge in [0.2, 0.25) is 11.8 Å². The number of benzene rings is 2. The predicted octanol–water partition coefficient (Wildman–Crippen LogP) is 2.86. The van der Waals surface area contributed by atoms with Gasteiger partial charge in [-0.1, -0.05) is 23.2 Å². The van der Waals surface area contributed by atoms with Gasteiger partial charge in [0.15, 0.2) is 10.0 Å². The van der Waals surface area contributed by atoms with Crippen molar-refractivity contribution in [2.24, 2.45) is 11.5 Å². The summed E-state index contributed by atoms with van der Waals surface area (Å²) >= 11 is 11.9. The molecule has 12 nitrogen and oxygen atoms in total. The highest BCUT2D eigenvalue weighted by molar-refractivity contribution is 6.34. The number of ether oxygens (including phenoxy) is 2. The normalized spacial score (nSPS) is 10.4. The molecule has 0 aliphatic carbocycles. The molecule has 0 spiro atoms. The quantitative estimate of drug-likeness (QED) is 0.299. The molecule has 0 unspecified atom stereocenters. The second-order valence-electron chi connectivity index (χ2n) is 5.91. The van der Waals surface area contributed by atoms with Gasteiger partial charge >= 0.3 is 0 Å². The maximum atomic E-state index is 11.3. The van der Waals surface area contributed by atoms with Gasteiger partial charge in [0.05, 0.1) is 23.1 Å². The van der Waals surface area contributed by atoms with Crippen LogP contribution in [0.1, 0.15) is 27.1 Å². The van der Waals surface area contributed by atoms with Crippen molar-refractivity contribution in [1.82, 2.24) is 0 Å². The van der Waals surface area contributed by atoms with E-state index in [0.29, 0.717) is 0 Å². The zero-order valence-electron chi connectivity index (χ0n) is 15.5. The Balaban J connectivity index is 2.08. The molecule has 2 amide bonds. The number of primary amides is 2. The topological polar surface area (TPSA) is 191 Å². The first-order valence-electron chi connectivity index (χ1n) is 8.34. The van der Waals surface area contributed by atoms with E-state index in [-0.39, 0.29) is 52.3 Å². The van der Waals surface area contributed by atoms with Crippen LogP contribution in [0.25, 0.3) is 0 Å². The first-order valence-corrected chi connectivity index (χ1v) is 9.09. The Kier molecular flexibility index (Phi) is 7.56. The third kappa shape index (κ3) is 5.71. The average molecular weight is 473 g/mol. The number of carbonyl (C=O) groups excluding carboxylic acids is 2. The summed E-state index contributed by atoms with van der Waals surface area (Å²) in [4.78, 5) is 43.2. The Bertz CT molecular complexity index is 993. The van der Waals surface area contributed by atoms with Crippen molar-refractivity contribution in [3.05, 3.63) is 65.7 Å². The lowest BCUT2D eigenvalue weighted by Crippen LogP contribution is -2.13. The van der Waals surface area contributed by atoms with Gasteiger partial charge in [0.25, 0.3) is 11.4 Å². The fourth-order valence-electron chi connectivity index (χ4n) is 2.35. The van der Waals surface area contributed by atoms with Crippen molar-refractivity contribution in [3.8, 4) is 11.5 Å². The maximum Gasteiger partial charge on any atom is 0.292 e. The Morgan fingerprint density at radius 1 is 0.806 bits per heavy atom. The van der Waals surface area contributed by atoms with Gasteiger partial charge in [-0.3, -0.25) is 29.8 Å². The highest BCUT2D eigenvalue weighted by atomic mass is 35.5. The maximum absolute atomic E-state index is 11.3. The number of nitro groups is 2. The SMILES string of the molecule is NC(=O)c1cc(OCCCOc2cc(C(N)=O)cc([N+](=O)[O-])c2Cl)c(Cl)c([N+](=O)[O-])c1. The van der Waals surface area contributed by atoms with Crippen molar-refractivity contribution in [3.63, 3.8) is 0 Å². The summed E-state index contributed by atoms with van der Waals surface area (Å²) in [7, 11) is 0. The Morgan fingerprint density at radius 2 is 1.16 bits per heavy atom. The van der Waals surface area contributed by atoms with Crippen LogP contribution in [0.15, 0.2) is 24.3 Å². The van der Waals surface area contributed by atoms with Crippen molar-refractivity contribution in [2.75, 3.05) is 13.2 Å². The standard InChI is InChI=1S/C17H14Cl2N4O8/c18-14-10(22(26)27)4-8(16(20)24)6-12(14)30-2-1-3-31-13-7-9(17(21)25)5-11(15(13)19)23(28)29/h4-7H,1-3H2,(H2,20,24)(H2,21,25). The molecule has 0 aromatic heterocycles. The summed E-state index contributed by atoms with van der Waals surface area (Å²) in [6.45, 7) is -0.122. The lowest BCUT2D eigenvalue weighted by molar-refractivity contribution is -0.384. The number of hydrogen-bond acceptors (Lipinski definition) is 8. The summed E-state index contributed by atoms with van der Waals surface area (Å²) < 4.78 is 10.7. The van der Waals surface area contributed by atoms with Crippen LogP contribution in [-0.4, -0.2) is 34.9 Å². The van der Waals surface area contributed by atoms with E-state index in [1.165, 1.54) is 0 Å². The highest BCUT2D eigenvalue weighted by Gasteiger charge is 2.22. The summed E-state index contributed by atoms with van der Waals surface area (Å²) in [5.41, 5.74) is 8.88. The van der Waals surface area contributed by atoms with Gasteiger partial charge in [-0.25, -0.2) is 0 Å². The first kappa shape index (κ1) is 23.6. The molecule has 14 heteroatoms. The van der Waals surface area contributed by atoms with Crippen LogP contribution in [0, 0.1) is 20.2 Å². The second kappa shape index (κ2) is 9.91. The van der Waals surface area contributed by atoms with E-state index in [1.54, 1.807) is 0 Å². The van der Waals surface area contributed by atoms with Crippen LogP contribution in [0.2, 0.25) is 10.0 Å². The number of amides is 2. The molecule has 0 saturated heterocycles. The zero-order valence-corrected chi connectivity index (χ0v) is 17.0. The lowest BCUT2D eigenvalue weighted by atomic mass is 10.1. The monoisotopic (exact) mass is 472 g/mol. The van der Waals surface area contributed by atoms with E-state index in [2.05, 4.69) is 0 Å². The van der Waals surface area contributed by atoms with Gasteiger partial charge in [-0.05, 0) is 12.1 Å². The fourth-order valence-corrected chi connectivity index (χ4v) is 2.82. The summed E-state index contributed by atoms with van der Waals surface area (Å²) in [5, 5.41) is 21.5. The molecule has 2 aromatic rings. The van der Waals surface area contributed by atoms with Crippen LogP contribution in [-0.2, 0) is 0 Å². The number of nitrogens with zero attached hydrogens (tertiary/aromatic N) is 2. The number of rotatable bonds is 10. The molecule has 0 aliphatic rings. The largest absolute Gasteiger partial charge is 0.492 e. The summed E-state index contributed by atoms with van der Waals surface area (Å²) in [6, 6.07) is 4.19. The van der Waals surface area contributed by atoms with E-state index >= 15 is 0 Å². The Labute approximate surface area is 183 Å². The van der Waals surface area contributed by atoms with Crippen LogP contribution in [0.3, 0.4) is 0 Å². The van der Waals surface area contributed by atoms with E-state index in [1.807, 2.05) is 0 Å². The average Bonchev–Trinajstić information content (AvgIpc) is 2.68. The van der Waals surface area contributed by atoms with Crippen LogP contribution < -0.4 is 20.9 Å². The van der Waals surface area contributed by atoms with Crippen molar-refractivity contribution < 1.29 is 28.9 Å². The van der Waals surface area contributed by atoms with E-state index in [0.717, 1.165) is 24.3 Å². The lowest BCUT2D eigenvalue weighted by Gasteiger charge is -2.11. The highest BCUT2D eigenvalue weighted by Crippen LogP contribution is 2.36. The van der Waals surface area contributed by atoms with Gasteiger partial charge in [0.1, 0.15) is 11.5 Å². The number of nitro benzene ring substituents is 2. The van der Waals surface area contributed by atoms with Gasteiger partial charge in [-0.15, -0.1) is 0 Å². The minimum absolute atomic E-state index is 0.0612. The van der Waals surface area contributed by atoms with Crippen LogP contribution >= 0.6 is 23.2 Å². The number of carbonyl (C=O) groups is 2. The van der Waals surface area contributed by atoms with Crippen LogP contribution in [0.5, 0.6) is 11.5 Å². The fraction of sp³-hybridized carbons (Fsp3) is 0.176. The zero-order chi connectivity index (χ0) is 23.3. The third-order valence-electron chi connectivity index (χ3n) is 3.81. The minimum atomic E-state index is -0.904.